The van der Waals surface area contributed by atoms with E-state index < -0.39 is 0 Å². The molecular weight excluding hydrogens is 296 g/mol. The van der Waals surface area contributed by atoms with Crippen molar-refractivity contribution in [1.82, 2.24) is 20.4 Å². The monoisotopic (exact) mass is 316 g/mol. The first kappa shape index (κ1) is 15.2. The number of rotatable bonds is 6. The highest BCUT2D eigenvalue weighted by molar-refractivity contribution is 5.73. The lowest BCUT2D eigenvalue weighted by atomic mass is 10.2. The molecule has 2 N–H and O–H groups in total. The molecule has 23 heavy (non-hydrogen) atoms. The topological polar surface area (TPSA) is 77.4 Å². The van der Waals surface area contributed by atoms with Crippen molar-refractivity contribution in [2.24, 2.45) is 5.92 Å². The Bertz CT molecular complexity index is 657. The molecule has 0 aliphatic carbocycles. The van der Waals surface area contributed by atoms with Gasteiger partial charge >= 0.3 is 6.03 Å². The number of amides is 2. The molecule has 1 aliphatic rings. The predicted octanol–water partition coefficient (Wildman–Crippen LogP) is 1.75. The Balaban J connectivity index is 1.39. The first-order valence-corrected chi connectivity index (χ1v) is 7.58. The van der Waals surface area contributed by atoms with Gasteiger partial charge < -0.3 is 20.1 Å². The summed E-state index contributed by atoms with van der Waals surface area (Å²) in [6, 6.07) is 7.34. The SMILES string of the molecule is CC(CNC(=O)NCc1ccc2c(c1)OCO2)Cn1cccn1. The number of hydrogen-bond acceptors (Lipinski definition) is 4. The van der Waals surface area contributed by atoms with Crippen LogP contribution >= 0.6 is 0 Å². The molecule has 1 aliphatic heterocycles. The van der Waals surface area contributed by atoms with Crippen LogP contribution in [0.15, 0.2) is 36.7 Å². The summed E-state index contributed by atoms with van der Waals surface area (Å²) >= 11 is 0. The molecule has 3 rings (SSSR count). The van der Waals surface area contributed by atoms with E-state index in [0.717, 1.165) is 23.6 Å². The summed E-state index contributed by atoms with van der Waals surface area (Å²) in [5.74, 6) is 1.76. The van der Waals surface area contributed by atoms with E-state index in [1.807, 2.05) is 35.1 Å². The van der Waals surface area contributed by atoms with E-state index in [0.29, 0.717) is 19.0 Å². The molecule has 1 atom stereocenters. The number of carbonyl (C=O) groups is 1. The van der Waals surface area contributed by atoms with Gasteiger partial charge in [-0.15, -0.1) is 0 Å². The largest absolute Gasteiger partial charge is 0.454 e. The van der Waals surface area contributed by atoms with Crippen LogP contribution < -0.4 is 20.1 Å². The van der Waals surface area contributed by atoms with Crippen LogP contribution in [0.25, 0.3) is 0 Å². The Morgan fingerprint density at radius 2 is 2.22 bits per heavy atom. The molecule has 122 valence electrons. The molecule has 1 aromatic heterocycles. The molecule has 0 radical (unpaired) electrons. The molecule has 2 aromatic rings. The maximum absolute atomic E-state index is 11.9. The van der Waals surface area contributed by atoms with Crippen molar-refractivity contribution in [3.63, 3.8) is 0 Å². The molecule has 0 spiro atoms. The van der Waals surface area contributed by atoms with Gasteiger partial charge in [0.1, 0.15) is 0 Å². The Labute approximate surface area is 134 Å². The first-order valence-electron chi connectivity index (χ1n) is 7.58. The number of hydrogen-bond donors (Lipinski definition) is 2. The Kier molecular flexibility index (Phi) is 4.65. The van der Waals surface area contributed by atoms with Crippen LogP contribution in [0.4, 0.5) is 4.79 Å². The lowest BCUT2D eigenvalue weighted by Crippen LogP contribution is -2.38. The van der Waals surface area contributed by atoms with E-state index in [4.69, 9.17) is 9.47 Å². The smallest absolute Gasteiger partial charge is 0.315 e. The number of aromatic nitrogens is 2. The standard InChI is InChI=1S/C16H20N4O3/c1-12(10-20-6-2-5-19-20)8-17-16(21)18-9-13-3-4-14-15(7-13)23-11-22-14/h2-7,12H,8-11H2,1H3,(H2,17,18,21). The maximum atomic E-state index is 11.9. The second-order valence-corrected chi connectivity index (χ2v) is 5.58. The number of fused-ring (bicyclic) bond motifs is 1. The van der Waals surface area contributed by atoms with Crippen molar-refractivity contribution < 1.29 is 14.3 Å². The van der Waals surface area contributed by atoms with Gasteiger partial charge in [0.15, 0.2) is 11.5 Å². The summed E-state index contributed by atoms with van der Waals surface area (Å²) < 4.78 is 12.4. The zero-order valence-corrected chi connectivity index (χ0v) is 13.0. The van der Waals surface area contributed by atoms with Gasteiger partial charge in [0.05, 0.1) is 0 Å². The first-order chi connectivity index (χ1) is 11.2. The summed E-state index contributed by atoms with van der Waals surface area (Å²) in [5, 5.41) is 9.86. The molecule has 0 bridgehead atoms. The van der Waals surface area contributed by atoms with Crippen molar-refractivity contribution >= 4 is 6.03 Å². The zero-order valence-electron chi connectivity index (χ0n) is 13.0. The molecular formula is C16H20N4O3. The molecule has 0 saturated heterocycles. The van der Waals surface area contributed by atoms with Gasteiger partial charge in [-0.3, -0.25) is 4.68 Å². The zero-order chi connectivity index (χ0) is 16.1. The Morgan fingerprint density at radius 1 is 1.35 bits per heavy atom. The van der Waals surface area contributed by atoms with Crippen LogP contribution in [0, 0.1) is 5.92 Å². The molecule has 0 saturated carbocycles. The van der Waals surface area contributed by atoms with Crippen LogP contribution in [0.3, 0.4) is 0 Å². The van der Waals surface area contributed by atoms with Crippen LogP contribution in [0.5, 0.6) is 11.5 Å². The van der Waals surface area contributed by atoms with Crippen LogP contribution in [-0.4, -0.2) is 29.1 Å². The maximum Gasteiger partial charge on any atom is 0.315 e. The summed E-state index contributed by atoms with van der Waals surface area (Å²) in [6.07, 6.45) is 3.66. The number of nitrogens with zero attached hydrogens (tertiary/aromatic N) is 2. The number of benzene rings is 1. The van der Waals surface area contributed by atoms with E-state index in [-0.39, 0.29) is 12.8 Å². The van der Waals surface area contributed by atoms with Gasteiger partial charge in [0.25, 0.3) is 0 Å². The summed E-state index contributed by atoms with van der Waals surface area (Å²) in [7, 11) is 0. The Hall–Kier alpha value is -2.70. The van der Waals surface area contributed by atoms with E-state index in [1.54, 1.807) is 6.20 Å². The fourth-order valence-corrected chi connectivity index (χ4v) is 2.36. The third kappa shape index (κ3) is 4.15. The number of ether oxygens (including phenoxy) is 2. The van der Waals surface area contributed by atoms with E-state index in [9.17, 15) is 4.79 Å². The highest BCUT2D eigenvalue weighted by Crippen LogP contribution is 2.32. The minimum absolute atomic E-state index is 0.185. The van der Waals surface area contributed by atoms with Gasteiger partial charge in [-0.1, -0.05) is 13.0 Å². The molecule has 1 unspecified atom stereocenters. The van der Waals surface area contributed by atoms with Crippen molar-refractivity contribution in [2.75, 3.05) is 13.3 Å². The van der Waals surface area contributed by atoms with Gasteiger partial charge in [0.2, 0.25) is 6.79 Å². The molecule has 2 amide bonds. The third-order valence-electron chi connectivity index (χ3n) is 3.56. The number of nitrogens with one attached hydrogen (secondary N) is 2. The minimum atomic E-state index is -0.185. The van der Waals surface area contributed by atoms with Crippen molar-refractivity contribution in [3.8, 4) is 11.5 Å². The van der Waals surface area contributed by atoms with Crippen molar-refractivity contribution in [2.45, 2.75) is 20.0 Å². The average molecular weight is 316 g/mol. The fourth-order valence-electron chi connectivity index (χ4n) is 2.36. The molecule has 0 fully saturated rings. The highest BCUT2D eigenvalue weighted by atomic mass is 16.7. The fraction of sp³-hybridized carbons (Fsp3) is 0.375. The summed E-state index contributed by atoms with van der Waals surface area (Å²) in [4.78, 5) is 11.9. The number of urea groups is 1. The van der Waals surface area contributed by atoms with Gasteiger partial charge in [-0.05, 0) is 29.7 Å². The van der Waals surface area contributed by atoms with Crippen LogP contribution in [-0.2, 0) is 13.1 Å². The Morgan fingerprint density at radius 3 is 3.04 bits per heavy atom. The molecule has 7 heteroatoms. The second-order valence-electron chi connectivity index (χ2n) is 5.58. The minimum Gasteiger partial charge on any atom is -0.454 e. The van der Waals surface area contributed by atoms with Gasteiger partial charge in [-0.25, -0.2) is 4.79 Å². The van der Waals surface area contributed by atoms with E-state index in [1.165, 1.54) is 0 Å². The lowest BCUT2D eigenvalue weighted by Gasteiger charge is -2.13. The molecule has 7 nitrogen and oxygen atoms in total. The second kappa shape index (κ2) is 7.04. The summed E-state index contributed by atoms with van der Waals surface area (Å²) in [6.45, 7) is 4.12. The molecule has 2 heterocycles. The number of carbonyl (C=O) groups excluding carboxylic acids is 1. The van der Waals surface area contributed by atoms with Crippen molar-refractivity contribution in [1.29, 1.82) is 0 Å². The van der Waals surface area contributed by atoms with Gasteiger partial charge in [0, 0.05) is 32.0 Å². The van der Waals surface area contributed by atoms with Crippen LogP contribution in [0.1, 0.15) is 12.5 Å². The highest BCUT2D eigenvalue weighted by Gasteiger charge is 2.13. The van der Waals surface area contributed by atoms with Gasteiger partial charge in [-0.2, -0.15) is 5.10 Å². The van der Waals surface area contributed by atoms with Crippen LogP contribution in [0.2, 0.25) is 0 Å². The van der Waals surface area contributed by atoms with E-state index >= 15 is 0 Å². The normalized spacial score (nSPS) is 13.6. The molecule has 1 aromatic carbocycles. The quantitative estimate of drug-likeness (QED) is 0.851. The lowest BCUT2D eigenvalue weighted by molar-refractivity contribution is 0.174. The van der Waals surface area contributed by atoms with Crippen molar-refractivity contribution in [3.05, 3.63) is 42.2 Å². The van der Waals surface area contributed by atoms with E-state index in [2.05, 4.69) is 22.7 Å². The summed E-state index contributed by atoms with van der Waals surface area (Å²) in [5.41, 5.74) is 0.967. The average Bonchev–Trinajstić information content (AvgIpc) is 3.21. The third-order valence-corrected chi connectivity index (χ3v) is 3.56. The predicted molar refractivity (Wildman–Crippen MR) is 84.2 cm³/mol.